The van der Waals surface area contributed by atoms with Crippen LogP contribution in [0.4, 0.5) is 0 Å². The topological polar surface area (TPSA) is 50.9 Å². The molecule has 5 heteroatoms. The zero-order chi connectivity index (χ0) is 12.6. The molecule has 0 saturated heterocycles. The number of aryl methyl sites for hydroxylation is 1. The summed E-state index contributed by atoms with van der Waals surface area (Å²) in [7, 11) is 0. The lowest BCUT2D eigenvalue weighted by atomic mass is 10.2. The van der Waals surface area contributed by atoms with Crippen molar-refractivity contribution in [3.05, 3.63) is 39.8 Å². The second-order valence-electron chi connectivity index (χ2n) is 4.01. The fourth-order valence-corrected chi connectivity index (χ4v) is 1.91. The molecule has 0 radical (unpaired) electrons. The maximum absolute atomic E-state index is 9.01. The summed E-state index contributed by atoms with van der Waals surface area (Å²) in [6.45, 7) is 5.88. The molecule has 1 N–H and O–H groups in total. The van der Waals surface area contributed by atoms with Gasteiger partial charge in [-0.3, -0.25) is 0 Å². The van der Waals surface area contributed by atoms with Gasteiger partial charge in [-0.1, -0.05) is 11.6 Å². The molecule has 0 saturated carbocycles. The van der Waals surface area contributed by atoms with Gasteiger partial charge in [0.1, 0.15) is 0 Å². The largest absolute Gasteiger partial charge is 0.392 e. The summed E-state index contributed by atoms with van der Waals surface area (Å²) in [5.41, 5.74) is 3.81. The van der Waals surface area contributed by atoms with Crippen LogP contribution in [0.5, 0.6) is 0 Å². The van der Waals surface area contributed by atoms with Gasteiger partial charge in [-0.05, 0) is 38.0 Å². The fourth-order valence-electron chi connectivity index (χ4n) is 1.64. The Morgan fingerprint density at radius 2 is 2.06 bits per heavy atom. The number of aliphatic hydroxyl groups excluding tert-OH is 1. The Morgan fingerprint density at radius 3 is 2.53 bits per heavy atom. The van der Waals surface area contributed by atoms with Crippen molar-refractivity contribution < 1.29 is 5.11 Å². The molecule has 0 aromatic carbocycles. The van der Waals surface area contributed by atoms with E-state index in [1.165, 1.54) is 0 Å². The fraction of sp³-hybridized carbons (Fsp3) is 0.333. The zero-order valence-electron chi connectivity index (χ0n) is 10.0. The first-order valence-corrected chi connectivity index (χ1v) is 5.71. The summed E-state index contributed by atoms with van der Waals surface area (Å²) in [6.07, 6.45) is 1.60. The molecule has 2 heterocycles. The summed E-state index contributed by atoms with van der Waals surface area (Å²) in [4.78, 5) is 4.24. The number of nitrogens with zero attached hydrogens (tertiary/aromatic N) is 3. The number of aliphatic hydroxyl groups is 1. The molecule has 4 nitrogen and oxygen atoms in total. The Balaban J connectivity index is 2.57. The zero-order valence-corrected chi connectivity index (χ0v) is 10.8. The lowest BCUT2D eigenvalue weighted by Crippen LogP contribution is -2.03. The van der Waals surface area contributed by atoms with Gasteiger partial charge in [-0.2, -0.15) is 5.10 Å². The van der Waals surface area contributed by atoms with Crippen LogP contribution in [0.2, 0.25) is 5.02 Å². The minimum absolute atomic E-state index is 0.0663. The van der Waals surface area contributed by atoms with Crippen molar-refractivity contribution in [3.63, 3.8) is 0 Å². The standard InChI is InChI=1S/C12H14ClN3O/c1-7-8(2)15-16(9(7)3)12-11(13)4-10(6-17)5-14-12/h4-5,17H,6H2,1-3H3. The first-order chi connectivity index (χ1) is 8.04. The highest BCUT2D eigenvalue weighted by Gasteiger charge is 2.13. The molecule has 17 heavy (non-hydrogen) atoms. The Bertz CT molecular complexity index is 563. The molecule has 2 rings (SSSR count). The first kappa shape index (κ1) is 12.1. The van der Waals surface area contributed by atoms with Crippen molar-refractivity contribution in [3.8, 4) is 5.82 Å². The van der Waals surface area contributed by atoms with Gasteiger partial charge in [0.05, 0.1) is 17.3 Å². The van der Waals surface area contributed by atoms with E-state index in [2.05, 4.69) is 10.1 Å². The van der Waals surface area contributed by atoms with Crippen molar-refractivity contribution in [2.75, 3.05) is 0 Å². The molecule has 0 aliphatic rings. The molecule has 0 unspecified atom stereocenters. The second kappa shape index (κ2) is 4.47. The number of pyridine rings is 1. The predicted molar refractivity (Wildman–Crippen MR) is 66.5 cm³/mol. The smallest absolute Gasteiger partial charge is 0.172 e. The van der Waals surface area contributed by atoms with Crippen molar-refractivity contribution in [2.45, 2.75) is 27.4 Å². The van der Waals surface area contributed by atoms with E-state index in [-0.39, 0.29) is 6.61 Å². The van der Waals surface area contributed by atoms with Crippen LogP contribution in [0.15, 0.2) is 12.3 Å². The molecule has 0 amide bonds. The third kappa shape index (κ3) is 2.06. The molecule has 2 aromatic heterocycles. The SMILES string of the molecule is Cc1nn(-c2ncc(CO)cc2Cl)c(C)c1C. The van der Waals surface area contributed by atoms with Crippen LogP contribution in [0.3, 0.4) is 0 Å². The van der Waals surface area contributed by atoms with Gasteiger partial charge >= 0.3 is 0 Å². The van der Waals surface area contributed by atoms with E-state index in [9.17, 15) is 0 Å². The van der Waals surface area contributed by atoms with E-state index in [4.69, 9.17) is 16.7 Å². The van der Waals surface area contributed by atoms with Crippen molar-refractivity contribution >= 4 is 11.6 Å². The van der Waals surface area contributed by atoms with Crippen LogP contribution in [-0.4, -0.2) is 19.9 Å². The number of hydrogen-bond donors (Lipinski definition) is 1. The highest BCUT2D eigenvalue weighted by atomic mass is 35.5. The number of aromatic nitrogens is 3. The molecule has 0 fully saturated rings. The average Bonchev–Trinajstić information content (AvgIpc) is 2.57. The van der Waals surface area contributed by atoms with Gasteiger partial charge in [0.2, 0.25) is 0 Å². The van der Waals surface area contributed by atoms with Crippen LogP contribution in [0.25, 0.3) is 5.82 Å². The maximum Gasteiger partial charge on any atom is 0.172 e. The lowest BCUT2D eigenvalue weighted by Gasteiger charge is -2.07. The van der Waals surface area contributed by atoms with Crippen molar-refractivity contribution in [2.24, 2.45) is 0 Å². The van der Waals surface area contributed by atoms with Gasteiger partial charge in [0.15, 0.2) is 5.82 Å². The number of rotatable bonds is 2. The van der Waals surface area contributed by atoms with E-state index in [1.54, 1.807) is 16.9 Å². The highest BCUT2D eigenvalue weighted by Crippen LogP contribution is 2.22. The van der Waals surface area contributed by atoms with Gasteiger partial charge < -0.3 is 5.11 Å². The first-order valence-electron chi connectivity index (χ1n) is 5.33. The Labute approximate surface area is 105 Å². The van der Waals surface area contributed by atoms with E-state index >= 15 is 0 Å². The van der Waals surface area contributed by atoms with Gasteiger partial charge in [-0.15, -0.1) is 0 Å². The Kier molecular flexibility index (Phi) is 3.17. The third-order valence-corrected chi connectivity index (χ3v) is 3.19. The maximum atomic E-state index is 9.01. The van der Waals surface area contributed by atoms with Crippen molar-refractivity contribution in [1.29, 1.82) is 0 Å². The monoisotopic (exact) mass is 251 g/mol. The molecule has 0 bridgehead atoms. The minimum atomic E-state index is -0.0663. The van der Waals surface area contributed by atoms with Gasteiger partial charge in [0.25, 0.3) is 0 Å². The van der Waals surface area contributed by atoms with Crippen LogP contribution < -0.4 is 0 Å². The third-order valence-electron chi connectivity index (χ3n) is 2.91. The Morgan fingerprint density at radius 1 is 1.35 bits per heavy atom. The number of halogens is 1. The molecule has 0 atom stereocenters. The lowest BCUT2D eigenvalue weighted by molar-refractivity contribution is 0.281. The Hall–Kier alpha value is -1.39. The van der Waals surface area contributed by atoms with Crippen LogP contribution in [-0.2, 0) is 6.61 Å². The van der Waals surface area contributed by atoms with E-state index in [0.29, 0.717) is 16.4 Å². The summed E-state index contributed by atoms with van der Waals surface area (Å²) in [5, 5.41) is 13.9. The summed E-state index contributed by atoms with van der Waals surface area (Å²) < 4.78 is 1.73. The van der Waals surface area contributed by atoms with E-state index in [0.717, 1.165) is 17.0 Å². The van der Waals surface area contributed by atoms with Crippen molar-refractivity contribution in [1.82, 2.24) is 14.8 Å². The van der Waals surface area contributed by atoms with Crippen LogP contribution in [0.1, 0.15) is 22.5 Å². The minimum Gasteiger partial charge on any atom is -0.392 e. The van der Waals surface area contributed by atoms with Gasteiger partial charge in [0, 0.05) is 11.9 Å². The molecule has 2 aromatic rings. The summed E-state index contributed by atoms with van der Waals surface area (Å²) in [5.74, 6) is 0.595. The van der Waals surface area contributed by atoms with Crippen LogP contribution >= 0.6 is 11.6 Å². The molecular formula is C12H14ClN3O. The van der Waals surface area contributed by atoms with E-state index < -0.39 is 0 Å². The second-order valence-corrected chi connectivity index (χ2v) is 4.42. The number of hydrogen-bond acceptors (Lipinski definition) is 3. The molecule has 0 aliphatic heterocycles. The predicted octanol–water partition coefficient (Wildman–Crippen LogP) is 2.34. The normalized spacial score (nSPS) is 10.9. The molecule has 0 aliphatic carbocycles. The molecule has 90 valence electrons. The van der Waals surface area contributed by atoms with Gasteiger partial charge in [-0.25, -0.2) is 9.67 Å². The molecule has 0 spiro atoms. The highest BCUT2D eigenvalue weighted by molar-refractivity contribution is 6.32. The summed E-state index contributed by atoms with van der Waals surface area (Å²) in [6, 6.07) is 1.70. The quantitative estimate of drug-likeness (QED) is 0.891. The average molecular weight is 252 g/mol. The summed E-state index contributed by atoms with van der Waals surface area (Å²) >= 11 is 6.14. The van der Waals surface area contributed by atoms with Crippen LogP contribution in [0, 0.1) is 20.8 Å². The molecular weight excluding hydrogens is 238 g/mol. The van der Waals surface area contributed by atoms with E-state index in [1.807, 2.05) is 20.8 Å².